The van der Waals surface area contributed by atoms with Crippen LogP contribution in [0.3, 0.4) is 0 Å². The number of nitrogens with zero attached hydrogens (tertiary/aromatic N) is 4. The fraction of sp³-hybridized carbons (Fsp3) is 0.324. The lowest BCUT2D eigenvalue weighted by atomic mass is 10.1. The zero-order valence-electron chi connectivity index (χ0n) is 26.2. The number of carbonyl (C=O) groups excluding carboxylic acids is 1. The lowest BCUT2D eigenvalue weighted by molar-refractivity contribution is -0.124. The van der Waals surface area contributed by atoms with Gasteiger partial charge in [0.25, 0.3) is 5.56 Å². The summed E-state index contributed by atoms with van der Waals surface area (Å²) in [5.41, 5.74) is 3.65. The first-order valence-corrected chi connectivity index (χ1v) is 14.8. The third kappa shape index (κ3) is 9.28. The molecule has 1 aliphatic heterocycles. The number of hydrogen-bond donors (Lipinski definition) is 3. The van der Waals surface area contributed by atoms with Gasteiger partial charge in [-0.3, -0.25) is 19.1 Å². The van der Waals surface area contributed by atoms with Gasteiger partial charge < -0.3 is 20.6 Å². The van der Waals surface area contributed by atoms with Crippen LogP contribution in [0, 0.1) is 11.2 Å². The Kier molecular flexibility index (Phi) is 12.9. The van der Waals surface area contributed by atoms with E-state index in [1.165, 1.54) is 30.0 Å². The topological polar surface area (TPSA) is 118 Å². The molecule has 0 fully saturated rings. The summed E-state index contributed by atoms with van der Waals surface area (Å²) in [5.74, 6) is 0.00542. The van der Waals surface area contributed by atoms with Crippen LogP contribution in [0.25, 0.3) is 10.9 Å². The molecule has 11 heteroatoms. The minimum atomic E-state index is -0.586. The van der Waals surface area contributed by atoms with Crippen LogP contribution in [0.4, 0.5) is 14.5 Å². The van der Waals surface area contributed by atoms with Gasteiger partial charge >= 0.3 is 0 Å². The first-order chi connectivity index (χ1) is 21.6. The molecule has 0 radical (unpaired) electrons. The van der Waals surface area contributed by atoms with Gasteiger partial charge in [0.2, 0.25) is 5.91 Å². The van der Waals surface area contributed by atoms with E-state index in [9.17, 15) is 18.4 Å². The van der Waals surface area contributed by atoms with Crippen LogP contribution in [0.5, 0.6) is 0 Å². The number of rotatable bonds is 9. The molecule has 5 rings (SSSR count). The lowest BCUT2D eigenvalue weighted by Crippen LogP contribution is -2.36. The molecule has 0 bridgehead atoms. The molecule has 0 saturated carbocycles. The highest BCUT2D eigenvalue weighted by Crippen LogP contribution is 2.24. The number of benzene rings is 1. The van der Waals surface area contributed by atoms with E-state index in [4.69, 9.17) is 5.41 Å². The SMILES string of the molecule is C/C=C(\C=N)CNc1cnc2n(c1=O)C(C(=O)NCc1cc3cnccc3n1C)CC2.C=C(C)F.CCCc1ccccc1F. The molecule has 1 aromatic carbocycles. The van der Waals surface area contributed by atoms with Crippen molar-refractivity contribution in [3.8, 4) is 0 Å². The van der Waals surface area contributed by atoms with Crippen molar-refractivity contribution >= 4 is 28.7 Å². The second-order valence-electron chi connectivity index (χ2n) is 10.5. The number of carbonyl (C=O) groups is 1. The summed E-state index contributed by atoms with van der Waals surface area (Å²) >= 11 is 0. The van der Waals surface area contributed by atoms with Crippen LogP contribution in [-0.2, 0) is 31.2 Å². The van der Waals surface area contributed by atoms with Crippen molar-refractivity contribution in [2.24, 2.45) is 7.05 Å². The summed E-state index contributed by atoms with van der Waals surface area (Å²) in [7, 11) is 1.95. The highest BCUT2D eigenvalue weighted by Gasteiger charge is 2.31. The second-order valence-corrected chi connectivity index (χ2v) is 10.5. The van der Waals surface area contributed by atoms with Gasteiger partial charge in [-0.2, -0.15) is 0 Å². The van der Waals surface area contributed by atoms with E-state index in [1.807, 2.05) is 49.7 Å². The molecule has 1 atom stereocenters. The predicted molar refractivity (Wildman–Crippen MR) is 176 cm³/mol. The van der Waals surface area contributed by atoms with Gasteiger partial charge in [-0.05, 0) is 56.0 Å². The van der Waals surface area contributed by atoms with Crippen LogP contribution in [0.2, 0.25) is 0 Å². The minimum absolute atomic E-state index is 0.0793. The number of hydrogen-bond acceptors (Lipinski definition) is 6. The molecular formula is C34H41F2N7O2. The molecule has 3 aromatic heterocycles. The maximum atomic E-state index is 13.0. The van der Waals surface area contributed by atoms with Gasteiger partial charge in [0.1, 0.15) is 23.4 Å². The van der Waals surface area contributed by atoms with Crippen LogP contribution >= 0.6 is 0 Å². The van der Waals surface area contributed by atoms with Gasteiger partial charge in [-0.15, -0.1) is 0 Å². The maximum Gasteiger partial charge on any atom is 0.277 e. The number of fused-ring (bicyclic) bond motifs is 2. The Bertz CT molecular complexity index is 1720. The van der Waals surface area contributed by atoms with E-state index in [0.29, 0.717) is 37.4 Å². The van der Waals surface area contributed by atoms with Crippen molar-refractivity contribution in [2.75, 3.05) is 11.9 Å². The highest BCUT2D eigenvalue weighted by atomic mass is 19.1. The Hall–Kier alpha value is -4.93. The number of anilines is 1. The maximum absolute atomic E-state index is 13.0. The summed E-state index contributed by atoms with van der Waals surface area (Å²) in [6.45, 7) is 8.79. The minimum Gasteiger partial charge on any atom is -0.375 e. The number of halogens is 2. The molecular weight excluding hydrogens is 576 g/mol. The number of aryl methyl sites for hydroxylation is 3. The lowest BCUT2D eigenvalue weighted by Gasteiger charge is -2.16. The average Bonchev–Trinajstić information content (AvgIpc) is 3.60. The molecule has 0 spiro atoms. The van der Waals surface area contributed by atoms with E-state index in [1.54, 1.807) is 24.5 Å². The monoisotopic (exact) mass is 617 g/mol. The number of pyridine rings is 1. The molecule has 1 unspecified atom stereocenters. The zero-order valence-corrected chi connectivity index (χ0v) is 26.2. The van der Waals surface area contributed by atoms with Crippen LogP contribution in [-0.4, -0.2) is 37.8 Å². The quantitative estimate of drug-likeness (QED) is 0.193. The smallest absolute Gasteiger partial charge is 0.277 e. The Morgan fingerprint density at radius 2 is 1.98 bits per heavy atom. The fourth-order valence-electron chi connectivity index (χ4n) is 4.89. The van der Waals surface area contributed by atoms with Crippen LogP contribution < -0.4 is 16.2 Å². The summed E-state index contributed by atoms with van der Waals surface area (Å²) < 4.78 is 27.1. The van der Waals surface area contributed by atoms with Crippen molar-refractivity contribution in [1.82, 2.24) is 24.4 Å². The Morgan fingerprint density at radius 3 is 2.62 bits per heavy atom. The first-order valence-electron chi connectivity index (χ1n) is 14.8. The first kappa shape index (κ1) is 34.6. The largest absolute Gasteiger partial charge is 0.375 e. The average molecular weight is 618 g/mol. The summed E-state index contributed by atoms with van der Waals surface area (Å²) in [6, 6.07) is 10.3. The Labute approximate surface area is 262 Å². The molecule has 45 heavy (non-hydrogen) atoms. The summed E-state index contributed by atoms with van der Waals surface area (Å²) in [6.07, 6.45) is 11.0. The van der Waals surface area contributed by atoms with Gasteiger partial charge in [0, 0.05) is 49.7 Å². The molecule has 9 nitrogen and oxygen atoms in total. The van der Waals surface area contributed by atoms with E-state index >= 15 is 0 Å². The molecule has 1 aliphatic rings. The Morgan fingerprint density at radius 1 is 1.24 bits per heavy atom. The molecule has 3 N–H and O–H groups in total. The van der Waals surface area contributed by atoms with E-state index in [2.05, 4.69) is 27.2 Å². The van der Waals surface area contributed by atoms with Crippen molar-refractivity contribution in [2.45, 2.75) is 59.0 Å². The van der Waals surface area contributed by atoms with E-state index < -0.39 is 6.04 Å². The van der Waals surface area contributed by atoms with Gasteiger partial charge in [-0.25, -0.2) is 13.8 Å². The number of nitrogens with one attached hydrogen (secondary N) is 3. The third-order valence-corrected chi connectivity index (χ3v) is 7.23. The fourth-order valence-corrected chi connectivity index (χ4v) is 4.89. The van der Waals surface area contributed by atoms with E-state index in [0.717, 1.165) is 40.6 Å². The summed E-state index contributed by atoms with van der Waals surface area (Å²) in [5, 5.41) is 14.4. The van der Waals surface area contributed by atoms with E-state index in [-0.39, 0.29) is 23.1 Å². The molecule has 0 saturated heterocycles. The molecule has 0 aliphatic carbocycles. The third-order valence-electron chi connectivity index (χ3n) is 7.23. The van der Waals surface area contributed by atoms with Crippen molar-refractivity contribution in [3.05, 3.63) is 112 Å². The van der Waals surface area contributed by atoms with Crippen molar-refractivity contribution < 1.29 is 13.6 Å². The second kappa shape index (κ2) is 16.8. The Balaban J connectivity index is 0.000000328. The van der Waals surface area contributed by atoms with Crippen molar-refractivity contribution in [3.63, 3.8) is 0 Å². The normalized spacial score (nSPS) is 13.6. The van der Waals surface area contributed by atoms with Gasteiger partial charge in [0.15, 0.2) is 0 Å². The van der Waals surface area contributed by atoms with Crippen LogP contribution in [0.1, 0.15) is 56.7 Å². The number of allylic oxidation sites excluding steroid dienone is 2. The molecule has 4 aromatic rings. The number of aromatic nitrogens is 4. The predicted octanol–water partition coefficient (Wildman–Crippen LogP) is 6.21. The summed E-state index contributed by atoms with van der Waals surface area (Å²) in [4.78, 5) is 34.5. The van der Waals surface area contributed by atoms with Crippen molar-refractivity contribution in [1.29, 1.82) is 5.41 Å². The highest BCUT2D eigenvalue weighted by molar-refractivity contribution is 5.82. The molecule has 238 valence electrons. The van der Waals surface area contributed by atoms with Crippen LogP contribution in [0.15, 0.2) is 83.8 Å². The van der Waals surface area contributed by atoms with Gasteiger partial charge in [-0.1, -0.05) is 44.2 Å². The van der Waals surface area contributed by atoms with Gasteiger partial charge in [0.05, 0.1) is 24.1 Å². The molecule has 1 amide bonds. The number of amides is 1. The molecule has 4 heterocycles. The zero-order chi connectivity index (χ0) is 32.9. The standard InChI is InChI=1S/C22H25N7O2.C9H11F.C3H5F/c1-3-14(9-23)10-25-17-13-26-20-5-4-19(29(20)22(17)31)21(30)27-12-16-8-15-11-24-7-6-18(15)28(16)2;1-2-5-8-6-3-4-7-9(8)10;1-3(2)4/h3,6-9,11,13,19,23,25H,4-5,10,12H2,1-2H3,(H,27,30);3-4,6-7H,2,5H2,1H3;1H2,2H3/b14-3+,23-9?;;.